The average molecular weight is 489 g/mol. The minimum Gasteiger partial charge on any atom is -0.338 e. The van der Waals surface area contributed by atoms with Crippen LogP contribution in [0.2, 0.25) is 4.34 Å². The summed E-state index contributed by atoms with van der Waals surface area (Å²) in [6.07, 6.45) is 3.34. The van der Waals surface area contributed by atoms with Crippen molar-refractivity contribution in [2.75, 3.05) is 32.7 Å². The van der Waals surface area contributed by atoms with Gasteiger partial charge in [0.15, 0.2) is 0 Å². The molecule has 3 fully saturated rings. The van der Waals surface area contributed by atoms with Crippen LogP contribution in [-0.2, 0) is 19.6 Å². The van der Waals surface area contributed by atoms with Crippen LogP contribution in [0.4, 0.5) is 4.79 Å². The highest BCUT2D eigenvalue weighted by Crippen LogP contribution is 2.38. The number of hydrogen-bond acceptors (Lipinski definition) is 6. The van der Waals surface area contributed by atoms with Crippen molar-refractivity contribution in [1.82, 2.24) is 19.4 Å². The van der Waals surface area contributed by atoms with E-state index in [0.717, 1.165) is 35.5 Å². The molecular weight excluding hydrogens is 464 g/mol. The van der Waals surface area contributed by atoms with E-state index in [1.54, 1.807) is 0 Å². The van der Waals surface area contributed by atoms with Gasteiger partial charge < -0.3 is 10.2 Å². The van der Waals surface area contributed by atoms with Crippen LogP contribution in [0, 0.1) is 5.92 Å². The van der Waals surface area contributed by atoms with Crippen molar-refractivity contribution in [3.05, 3.63) is 16.5 Å². The summed E-state index contributed by atoms with van der Waals surface area (Å²) >= 11 is 6.85. The minimum absolute atomic E-state index is 0.0253. The fraction of sp³-hybridized carbons (Fsp3) is 0.632. The molecule has 2 atom stereocenters. The maximum Gasteiger partial charge on any atom is 0.325 e. The Bertz CT molecular complexity index is 1000. The average Bonchev–Trinajstić information content (AvgIpc) is 3.28. The third-order valence-electron chi connectivity index (χ3n) is 6.53. The normalized spacial score (nSPS) is 27.7. The molecule has 1 spiro atoms. The molecule has 4 rings (SSSR count). The molecule has 2 aliphatic heterocycles. The lowest BCUT2D eigenvalue weighted by Crippen LogP contribution is -2.55. The molecule has 4 amide bonds. The number of nitrogens with one attached hydrogen (secondary N) is 1. The van der Waals surface area contributed by atoms with Crippen molar-refractivity contribution >= 4 is 50.8 Å². The van der Waals surface area contributed by atoms with Gasteiger partial charge in [-0.2, -0.15) is 4.31 Å². The Balaban J connectivity index is 1.37. The Morgan fingerprint density at radius 2 is 1.94 bits per heavy atom. The predicted molar refractivity (Wildman–Crippen MR) is 115 cm³/mol. The van der Waals surface area contributed by atoms with Gasteiger partial charge in [-0.15, -0.1) is 11.3 Å². The highest BCUT2D eigenvalue weighted by molar-refractivity contribution is 7.91. The van der Waals surface area contributed by atoms with Gasteiger partial charge in [-0.3, -0.25) is 14.5 Å². The highest BCUT2D eigenvalue weighted by atomic mass is 35.5. The van der Waals surface area contributed by atoms with Crippen molar-refractivity contribution in [3.63, 3.8) is 0 Å². The number of sulfonamides is 1. The van der Waals surface area contributed by atoms with E-state index < -0.39 is 21.6 Å². The summed E-state index contributed by atoms with van der Waals surface area (Å²) in [4.78, 5) is 40.8. The van der Waals surface area contributed by atoms with Crippen molar-refractivity contribution in [2.45, 2.75) is 42.4 Å². The quantitative estimate of drug-likeness (QED) is 0.649. The van der Waals surface area contributed by atoms with Gasteiger partial charge in [0.1, 0.15) is 16.3 Å². The molecule has 1 aliphatic carbocycles. The Hall–Kier alpha value is -1.69. The Morgan fingerprint density at radius 3 is 2.55 bits per heavy atom. The lowest BCUT2D eigenvalue weighted by atomic mass is 9.73. The molecule has 0 bridgehead atoms. The summed E-state index contributed by atoms with van der Waals surface area (Å²) in [5.41, 5.74) is -0.898. The fourth-order valence-corrected chi connectivity index (χ4v) is 7.67. The van der Waals surface area contributed by atoms with Gasteiger partial charge in [0, 0.05) is 26.2 Å². The van der Waals surface area contributed by atoms with Crippen LogP contribution >= 0.6 is 22.9 Å². The number of thiophene rings is 1. The maximum absolute atomic E-state index is 13.0. The van der Waals surface area contributed by atoms with E-state index in [-0.39, 0.29) is 54.7 Å². The van der Waals surface area contributed by atoms with E-state index in [9.17, 15) is 22.8 Å². The first-order valence-electron chi connectivity index (χ1n) is 10.3. The molecule has 0 unspecified atom stereocenters. The van der Waals surface area contributed by atoms with Crippen molar-refractivity contribution in [2.24, 2.45) is 5.92 Å². The second-order valence-electron chi connectivity index (χ2n) is 8.28. The molecule has 1 aromatic heterocycles. The topological polar surface area (TPSA) is 107 Å². The number of hydrogen-bond donors (Lipinski definition) is 1. The van der Waals surface area contributed by atoms with Crippen LogP contribution in [0.15, 0.2) is 16.3 Å². The van der Waals surface area contributed by atoms with Gasteiger partial charge in [0.25, 0.3) is 15.9 Å². The van der Waals surface area contributed by atoms with Crippen LogP contribution in [0.3, 0.4) is 0 Å². The van der Waals surface area contributed by atoms with Gasteiger partial charge in [0.05, 0.1) is 4.34 Å². The molecular formula is C19H25ClN4O5S2. The van der Waals surface area contributed by atoms with Crippen molar-refractivity contribution in [3.8, 4) is 0 Å². The Kier molecular flexibility index (Phi) is 6.06. The van der Waals surface area contributed by atoms with Crippen LogP contribution in [-0.4, -0.2) is 78.6 Å². The largest absolute Gasteiger partial charge is 0.338 e. The van der Waals surface area contributed by atoms with Gasteiger partial charge in [-0.05, 0) is 30.9 Å². The molecule has 9 nitrogen and oxygen atoms in total. The minimum atomic E-state index is -3.65. The zero-order valence-electron chi connectivity index (χ0n) is 17.2. The molecule has 0 radical (unpaired) electrons. The lowest BCUT2D eigenvalue weighted by molar-refractivity contribution is -0.141. The smallest absolute Gasteiger partial charge is 0.325 e. The number of piperazine rings is 1. The maximum atomic E-state index is 13.0. The number of urea groups is 1. The molecule has 0 aromatic carbocycles. The van der Waals surface area contributed by atoms with Gasteiger partial charge >= 0.3 is 6.03 Å². The molecule has 1 aromatic rings. The predicted octanol–water partition coefficient (Wildman–Crippen LogP) is 1.74. The number of imide groups is 1. The van der Waals surface area contributed by atoms with Crippen molar-refractivity contribution in [1.29, 1.82) is 0 Å². The van der Waals surface area contributed by atoms with E-state index in [1.807, 2.05) is 6.92 Å². The second-order valence-corrected chi connectivity index (χ2v) is 12.2. The summed E-state index contributed by atoms with van der Waals surface area (Å²) in [6.45, 7) is 2.32. The van der Waals surface area contributed by atoms with Crippen LogP contribution in [0.1, 0.15) is 32.6 Å². The molecule has 3 aliphatic rings. The molecule has 31 heavy (non-hydrogen) atoms. The zero-order valence-corrected chi connectivity index (χ0v) is 19.6. The van der Waals surface area contributed by atoms with Crippen LogP contribution in [0.25, 0.3) is 0 Å². The second kappa shape index (κ2) is 8.34. The molecule has 170 valence electrons. The summed E-state index contributed by atoms with van der Waals surface area (Å²) in [7, 11) is -3.65. The van der Waals surface area contributed by atoms with Gasteiger partial charge in [0.2, 0.25) is 5.91 Å². The first-order valence-corrected chi connectivity index (χ1v) is 13.0. The number of rotatable bonds is 4. The molecule has 1 N–H and O–H groups in total. The Morgan fingerprint density at radius 1 is 1.23 bits per heavy atom. The van der Waals surface area contributed by atoms with Crippen LogP contribution in [0.5, 0.6) is 0 Å². The first-order chi connectivity index (χ1) is 14.6. The fourth-order valence-electron chi connectivity index (χ4n) is 4.62. The first kappa shape index (κ1) is 22.5. The number of carbonyl (C=O) groups excluding carboxylic acids is 3. The molecule has 12 heteroatoms. The third kappa shape index (κ3) is 3.96. The Labute approximate surface area is 190 Å². The van der Waals surface area contributed by atoms with Crippen molar-refractivity contribution < 1.29 is 22.8 Å². The monoisotopic (exact) mass is 488 g/mol. The number of nitrogens with zero attached hydrogens (tertiary/aromatic N) is 3. The standard InChI is InChI=1S/C19H25ClN4O5S2/c1-13-4-2-3-7-19(13)17(26)24(18(27)21-19)12-15(25)22-8-10-23(11-9-22)31(28,29)16-6-5-14(20)30-16/h5-6,13H,2-4,7-12H2,1H3,(H,21,27)/t13-,19+/m0/s1. The van der Waals surface area contributed by atoms with E-state index in [1.165, 1.54) is 21.3 Å². The van der Waals surface area contributed by atoms with E-state index >= 15 is 0 Å². The number of carbonyl (C=O) groups is 3. The summed E-state index contributed by atoms with van der Waals surface area (Å²) in [6, 6.07) is 2.49. The summed E-state index contributed by atoms with van der Waals surface area (Å²) < 4.78 is 27.3. The summed E-state index contributed by atoms with van der Waals surface area (Å²) in [5.74, 6) is -0.661. The highest BCUT2D eigenvalue weighted by Gasteiger charge is 2.55. The van der Waals surface area contributed by atoms with E-state index in [2.05, 4.69) is 5.32 Å². The van der Waals surface area contributed by atoms with E-state index in [4.69, 9.17) is 11.6 Å². The SMILES string of the molecule is C[C@H]1CCCC[C@@]12NC(=O)N(CC(=O)N1CCN(S(=O)(=O)c3ccc(Cl)s3)CC1)C2=O. The molecule has 3 heterocycles. The number of amides is 4. The zero-order chi connectivity index (χ0) is 22.4. The van der Waals surface area contributed by atoms with E-state index in [0.29, 0.717) is 10.8 Å². The van der Waals surface area contributed by atoms with Gasteiger partial charge in [-0.1, -0.05) is 31.4 Å². The van der Waals surface area contributed by atoms with Gasteiger partial charge in [-0.25, -0.2) is 13.2 Å². The molecule has 1 saturated carbocycles. The van der Waals surface area contributed by atoms with Crippen LogP contribution < -0.4 is 5.32 Å². The third-order valence-corrected chi connectivity index (χ3v) is 10.1. The molecule has 2 saturated heterocycles. The summed E-state index contributed by atoms with van der Waals surface area (Å²) in [5, 5.41) is 2.84. The lowest BCUT2D eigenvalue weighted by Gasteiger charge is -2.37. The number of halogens is 1.